The van der Waals surface area contributed by atoms with Crippen molar-refractivity contribution < 1.29 is 0 Å². The molecule has 1 aromatic rings. The largest absolute Gasteiger partial charge is 0.297 e. The van der Waals surface area contributed by atoms with Crippen molar-refractivity contribution in [2.45, 2.75) is 25.4 Å². The first-order chi connectivity index (χ1) is 6.90. The highest BCUT2D eigenvalue weighted by Crippen LogP contribution is 2.26. The van der Waals surface area contributed by atoms with E-state index in [0.717, 1.165) is 31.6 Å². The Kier molecular flexibility index (Phi) is 3.43. The summed E-state index contributed by atoms with van der Waals surface area (Å²) in [6, 6.07) is 2.76. The quantitative estimate of drug-likeness (QED) is 0.670. The zero-order valence-electron chi connectivity index (χ0n) is 8.27. The Balaban J connectivity index is 1.76. The van der Waals surface area contributed by atoms with Crippen molar-refractivity contribution in [1.29, 1.82) is 0 Å². The topological polar surface area (TPSA) is 21.1 Å². The van der Waals surface area contributed by atoms with Gasteiger partial charge in [0.05, 0.1) is 6.54 Å². The van der Waals surface area contributed by atoms with Crippen molar-refractivity contribution in [2.24, 2.45) is 0 Å². The van der Waals surface area contributed by atoms with Crippen LogP contribution >= 0.6 is 11.6 Å². The lowest BCUT2D eigenvalue weighted by molar-refractivity contribution is 0.263. The lowest BCUT2D eigenvalue weighted by Crippen LogP contribution is -2.31. The minimum atomic E-state index is 0.732. The maximum Gasteiger partial charge on any atom is 0.0536 e. The molecule has 1 aliphatic carbocycles. The monoisotopic (exact) mass is 213 g/mol. The highest BCUT2D eigenvalue weighted by Gasteiger charge is 2.27. The lowest BCUT2D eigenvalue weighted by atomic mass is 10.4. The van der Waals surface area contributed by atoms with Crippen LogP contribution in [0.1, 0.15) is 12.8 Å². The smallest absolute Gasteiger partial charge is 0.0536 e. The van der Waals surface area contributed by atoms with E-state index in [4.69, 9.17) is 11.6 Å². The normalized spacial score (nSPS) is 16.4. The maximum atomic E-state index is 5.76. The van der Waals surface area contributed by atoms with Crippen molar-refractivity contribution in [3.05, 3.63) is 18.5 Å². The van der Waals surface area contributed by atoms with Crippen molar-refractivity contribution in [3.63, 3.8) is 0 Å². The Morgan fingerprint density at radius 1 is 1.43 bits per heavy atom. The molecule has 1 aliphatic rings. The Morgan fingerprint density at radius 2 is 2.29 bits per heavy atom. The molecular formula is C10H16ClN3. The van der Waals surface area contributed by atoms with Gasteiger partial charge in [-0.05, 0) is 18.9 Å². The van der Waals surface area contributed by atoms with E-state index < -0.39 is 0 Å². The number of rotatable bonds is 6. The van der Waals surface area contributed by atoms with E-state index in [-0.39, 0.29) is 0 Å². The van der Waals surface area contributed by atoms with Gasteiger partial charge >= 0.3 is 0 Å². The van der Waals surface area contributed by atoms with E-state index in [1.54, 1.807) is 0 Å². The number of aromatic nitrogens is 2. The highest BCUT2D eigenvalue weighted by molar-refractivity contribution is 6.18. The minimum absolute atomic E-state index is 0.732. The summed E-state index contributed by atoms with van der Waals surface area (Å²) >= 11 is 5.76. The summed E-state index contributed by atoms with van der Waals surface area (Å²) in [7, 11) is 0. The molecule has 0 aliphatic heterocycles. The third-order valence-electron chi connectivity index (χ3n) is 2.61. The summed E-state index contributed by atoms with van der Waals surface area (Å²) in [4.78, 5) is 2.47. The summed E-state index contributed by atoms with van der Waals surface area (Å²) in [6.07, 6.45) is 6.51. The van der Waals surface area contributed by atoms with Crippen molar-refractivity contribution in [2.75, 3.05) is 19.0 Å². The van der Waals surface area contributed by atoms with Gasteiger partial charge in [0.25, 0.3) is 0 Å². The average Bonchev–Trinajstić information content (AvgIpc) is 2.90. The number of halogens is 1. The highest BCUT2D eigenvalue weighted by atomic mass is 35.5. The van der Waals surface area contributed by atoms with Crippen LogP contribution in [-0.2, 0) is 6.54 Å². The molecule has 0 bridgehead atoms. The number of hydrogen-bond acceptors (Lipinski definition) is 2. The van der Waals surface area contributed by atoms with Crippen LogP contribution in [0.5, 0.6) is 0 Å². The van der Waals surface area contributed by atoms with Gasteiger partial charge in [0.2, 0.25) is 0 Å². The number of nitrogens with zero attached hydrogens (tertiary/aromatic N) is 3. The molecule has 78 valence electrons. The zero-order valence-corrected chi connectivity index (χ0v) is 9.03. The third-order valence-corrected chi connectivity index (χ3v) is 2.78. The summed E-state index contributed by atoms with van der Waals surface area (Å²) in [6.45, 7) is 3.05. The van der Waals surface area contributed by atoms with E-state index in [1.165, 1.54) is 12.8 Å². The van der Waals surface area contributed by atoms with Crippen LogP contribution in [0.4, 0.5) is 0 Å². The average molecular weight is 214 g/mol. The van der Waals surface area contributed by atoms with Gasteiger partial charge in [-0.1, -0.05) is 0 Å². The Bertz CT molecular complexity index is 256. The minimum Gasteiger partial charge on any atom is -0.297 e. The summed E-state index contributed by atoms with van der Waals surface area (Å²) < 4.78 is 1.98. The standard InChI is InChI=1S/C10H16ClN3/c11-4-7-13(10-2-3-10)8-9-14-6-1-5-12-14/h1,5-6,10H,2-4,7-9H2. The molecule has 0 aromatic carbocycles. The molecule has 1 aromatic heterocycles. The van der Waals surface area contributed by atoms with Crippen LogP contribution in [0, 0.1) is 0 Å². The molecule has 3 nitrogen and oxygen atoms in total. The van der Waals surface area contributed by atoms with Crippen LogP contribution in [-0.4, -0.2) is 39.7 Å². The van der Waals surface area contributed by atoms with E-state index in [1.807, 2.05) is 23.1 Å². The fourth-order valence-electron chi connectivity index (χ4n) is 1.69. The molecule has 1 fully saturated rings. The van der Waals surface area contributed by atoms with Crippen LogP contribution in [0.2, 0.25) is 0 Å². The predicted molar refractivity (Wildman–Crippen MR) is 57.5 cm³/mol. The second-order valence-corrected chi connectivity index (χ2v) is 4.10. The summed E-state index contributed by atoms with van der Waals surface area (Å²) in [5.41, 5.74) is 0. The van der Waals surface area contributed by atoms with Crippen molar-refractivity contribution >= 4 is 11.6 Å². The first kappa shape index (κ1) is 9.99. The van der Waals surface area contributed by atoms with Gasteiger partial charge in [-0.3, -0.25) is 9.58 Å². The van der Waals surface area contributed by atoms with E-state index >= 15 is 0 Å². The van der Waals surface area contributed by atoms with E-state index in [2.05, 4.69) is 10.00 Å². The van der Waals surface area contributed by atoms with Gasteiger partial charge in [-0.25, -0.2) is 0 Å². The summed E-state index contributed by atoms with van der Waals surface area (Å²) in [5, 5.41) is 4.19. The predicted octanol–water partition coefficient (Wildman–Crippen LogP) is 1.59. The van der Waals surface area contributed by atoms with E-state index in [9.17, 15) is 0 Å². The van der Waals surface area contributed by atoms with Gasteiger partial charge < -0.3 is 0 Å². The molecule has 1 saturated carbocycles. The Morgan fingerprint density at radius 3 is 2.86 bits per heavy atom. The maximum absolute atomic E-state index is 5.76. The molecule has 0 saturated heterocycles. The molecule has 4 heteroatoms. The van der Waals surface area contributed by atoms with Crippen LogP contribution in [0.25, 0.3) is 0 Å². The first-order valence-electron chi connectivity index (χ1n) is 5.17. The first-order valence-corrected chi connectivity index (χ1v) is 5.71. The van der Waals surface area contributed by atoms with Crippen LogP contribution < -0.4 is 0 Å². The lowest BCUT2D eigenvalue weighted by Gasteiger charge is -2.20. The molecular weight excluding hydrogens is 198 g/mol. The molecule has 0 atom stereocenters. The number of hydrogen-bond donors (Lipinski definition) is 0. The Hall–Kier alpha value is -0.540. The van der Waals surface area contributed by atoms with Gasteiger partial charge in [0.1, 0.15) is 0 Å². The van der Waals surface area contributed by atoms with Gasteiger partial charge in [0, 0.05) is 37.4 Å². The van der Waals surface area contributed by atoms with Crippen LogP contribution in [0.3, 0.4) is 0 Å². The SMILES string of the molecule is ClCCN(CCn1cccn1)C1CC1. The van der Waals surface area contributed by atoms with Crippen molar-refractivity contribution in [1.82, 2.24) is 14.7 Å². The molecule has 0 radical (unpaired) electrons. The second kappa shape index (κ2) is 4.80. The fraction of sp³-hybridized carbons (Fsp3) is 0.700. The van der Waals surface area contributed by atoms with Crippen molar-refractivity contribution in [3.8, 4) is 0 Å². The van der Waals surface area contributed by atoms with E-state index in [0.29, 0.717) is 0 Å². The molecule has 0 unspecified atom stereocenters. The van der Waals surface area contributed by atoms with Gasteiger partial charge in [-0.2, -0.15) is 5.10 Å². The zero-order chi connectivity index (χ0) is 9.80. The van der Waals surface area contributed by atoms with Gasteiger partial charge in [-0.15, -0.1) is 11.6 Å². The summed E-state index contributed by atoms with van der Waals surface area (Å²) in [5.74, 6) is 0.732. The molecule has 1 heterocycles. The second-order valence-electron chi connectivity index (χ2n) is 3.73. The molecule has 2 rings (SSSR count). The fourth-order valence-corrected chi connectivity index (χ4v) is 1.91. The molecule has 0 amide bonds. The third kappa shape index (κ3) is 2.72. The molecule has 0 N–H and O–H groups in total. The van der Waals surface area contributed by atoms with Gasteiger partial charge in [0.15, 0.2) is 0 Å². The molecule has 0 spiro atoms. The Labute approximate surface area is 89.7 Å². The number of alkyl halides is 1. The van der Waals surface area contributed by atoms with Crippen LogP contribution in [0.15, 0.2) is 18.5 Å². The molecule has 14 heavy (non-hydrogen) atoms.